The highest BCUT2D eigenvalue weighted by Crippen LogP contribution is 2.33. The van der Waals surface area contributed by atoms with Crippen molar-refractivity contribution in [2.75, 3.05) is 0 Å². The molecule has 1 radical (unpaired) electrons. The molecule has 22 heavy (non-hydrogen) atoms. The Hall–Kier alpha value is -2.00. The zero-order valence-corrected chi connectivity index (χ0v) is 11.4. The van der Waals surface area contributed by atoms with Crippen LogP contribution in [0.5, 0.6) is 0 Å². The Morgan fingerprint density at radius 3 is 2.23 bits per heavy atom. The fraction of sp³-hybridized carbons (Fsp3) is 0.0769. The zero-order valence-electron chi connectivity index (χ0n) is 10.6. The van der Waals surface area contributed by atoms with E-state index in [2.05, 4.69) is 6.07 Å². The quantitative estimate of drug-likeness (QED) is 0.857. The number of sulfonamides is 1. The third kappa shape index (κ3) is 3.25. The standard InChI is InChI=1S/C13H7F5NO2S/c14-10-6-12(22(19,20)21)11(15)5-9(10)7-2-1-3-8(4-7)13(16,17)18/h1,3-6H,(H2,19,20,21). The minimum atomic E-state index is -4.67. The smallest absolute Gasteiger partial charge is 0.225 e. The van der Waals surface area contributed by atoms with Gasteiger partial charge < -0.3 is 0 Å². The summed E-state index contributed by atoms with van der Waals surface area (Å²) in [5.41, 5.74) is -2.00. The molecule has 2 aromatic rings. The molecular weight excluding hydrogens is 329 g/mol. The Morgan fingerprint density at radius 1 is 1.05 bits per heavy atom. The van der Waals surface area contributed by atoms with Crippen LogP contribution in [0.15, 0.2) is 35.2 Å². The number of rotatable bonds is 2. The SMILES string of the molecule is NS(=O)(=O)c1cc(F)c(-c2[c]ccc(C(F)(F)F)c2)cc1F. The largest absolute Gasteiger partial charge is 0.416 e. The van der Waals surface area contributed by atoms with Gasteiger partial charge in [0.25, 0.3) is 0 Å². The third-order valence-corrected chi connectivity index (χ3v) is 3.67. The molecule has 2 aromatic carbocycles. The van der Waals surface area contributed by atoms with Crippen LogP contribution in [0.1, 0.15) is 5.56 Å². The molecule has 0 unspecified atom stereocenters. The van der Waals surface area contributed by atoms with Crippen molar-refractivity contribution >= 4 is 10.0 Å². The first kappa shape index (κ1) is 16.4. The number of nitrogens with two attached hydrogens (primary N) is 1. The fourth-order valence-corrected chi connectivity index (χ4v) is 2.35. The summed E-state index contributed by atoms with van der Waals surface area (Å²) >= 11 is 0. The third-order valence-electron chi connectivity index (χ3n) is 2.75. The van der Waals surface area contributed by atoms with E-state index in [1.54, 1.807) is 0 Å². The van der Waals surface area contributed by atoms with Crippen LogP contribution in [-0.2, 0) is 16.2 Å². The van der Waals surface area contributed by atoms with E-state index >= 15 is 0 Å². The fourth-order valence-electron chi connectivity index (χ4n) is 1.75. The lowest BCUT2D eigenvalue weighted by molar-refractivity contribution is -0.137. The minimum Gasteiger partial charge on any atom is -0.225 e. The van der Waals surface area contributed by atoms with Crippen molar-refractivity contribution in [3.8, 4) is 11.1 Å². The molecule has 2 N–H and O–H groups in total. The lowest BCUT2D eigenvalue weighted by Crippen LogP contribution is -2.14. The van der Waals surface area contributed by atoms with Gasteiger partial charge in [0.2, 0.25) is 10.0 Å². The van der Waals surface area contributed by atoms with Gasteiger partial charge in [-0.15, -0.1) is 0 Å². The molecule has 3 nitrogen and oxygen atoms in total. The van der Waals surface area contributed by atoms with Crippen molar-refractivity contribution in [3.05, 3.63) is 53.6 Å². The molecule has 0 spiro atoms. The van der Waals surface area contributed by atoms with Crippen LogP contribution < -0.4 is 5.14 Å². The highest BCUT2D eigenvalue weighted by Gasteiger charge is 2.31. The first-order valence-electron chi connectivity index (χ1n) is 5.61. The second-order valence-electron chi connectivity index (χ2n) is 4.30. The molecule has 9 heteroatoms. The van der Waals surface area contributed by atoms with E-state index in [1.807, 2.05) is 0 Å². The van der Waals surface area contributed by atoms with Crippen LogP contribution >= 0.6 is 0 Å². The minimum absolute atomic E-state index is 0.314. The molecule has 0 atom stereocenters. The molecule has 0 saturated carbocycles. The van der Waals surface area contributed by atoms with Crippen LogP contribution in [0.25, 0.3) is 11.1 Å². The molecule has 0 aliphatic heterocycles. The number of alkyl halides is 3. The van der Waals surface area contributed by atoms with Crippen LogP contribution in [0.3, 0.4) is 0 Å². The van der Waals surface area contributed by atoms with Gasteiger partial charge in [0, 0.05) is 5.56 Å². The van der Waals surface area contributed by atoms with E-state index in [0.717, 1.165) is 12.1 Å². The molecule has 0 aliphatic carbocycles. The molecule has 0 bridgehead atoms. The predicted molar refractivity (Wildman–Crippen MR) is 67.0 cm³/mol. The number of halogens is 5. The van der Waals surface area contributed by atoms with Crippen LogP contribution in [-0.4, -0.2) is 8.42 Å². The van der Waals surface area contributed by atoms with Crippen molar-refractivity contribution in [2.24, 2.45) is 5.14 Å². The van der Waals surface area contributed by atoms with E-state index in [0.29, 0.717) is 18.2 Å². The summed E-state index contributed by atoms with van der Waals surface area (Å²) in [6.45, 7) is 0. The second kappa shape index (κ2) is 5.33. The van der Waals surface area contributed by atoms with Gasteiger partial charge in [-0.2, -0.15) is 13.2 Å². The van der Waals surface area contributed by atoms with Gasteiger partial charge in [-0.05, 0) is 35.9 Å². The van der Waals surface area contributed by atoms with E-state index in [9.17, 15) is 30.4 Å². The maximum Gasteiger partial charge on any atom is 0.416 e. The van der Waals surface area contributed by atoms with Gasteiger partial charge in [0.1, 0.15) is 16.5 Å². The van der Waals surface area contributed by atoms with Crippen LogP contribution in [0.4, 0.5) is 22.0 Å². The Balaban J connectivity index is 2.62. The molecule has 0 heterocycles. The van der Waals surface area contributed by atoms with Gasteiger partial charge >= 0.3 is 6.18 Å². The average molecular weight is 336 g/mol. The van der Waals surface area contributed by atoms with E-state index in [1.165, 1.54) is 0 Å². The maximum atomic E-state index is 13.9. The number of primary sulfonamides is 1. The monoisotopic (exact) mass is 336 g/mol. The molecule has 0 fully saturated rings. The summed E-state index contributed by atoms with van der Waals surface area (Å²) in [5.74, 6) is -2.61. The average Bonchev–Trinajstić information content (AvgIpc) is 2.39. The van der Waals surface area contributed by atoms with E-state index < -0.39 is 43.9 Å². The van der Waals surface area contributed by atoms with Crippen molar-refractivity contribution in [3.63, 3.8) is 0 Å². The predicted octanol–water partition coefficient (Wildman–Crippen LogP) is 3.10. The Morgan fingerprint density at radius 2 is 1.68 bits per heavy atom. The van der Waals surface area contributed by atoms with Crippen molar-refractivity contribution in [2.45, 2.75) is 11.1 Å². The van der Waals surface area contributed by atoms with E-state index in [-0.39, 0.29) is 5.56 Å². The molecule has 0 saturated heterocycles. The van der Waals surface area contributed by atoms with Gasteiger partial charge in [-0.1, -0.05) is 6.07 Å². The highest BCUT2D eigenvalue weighted by atomic mass is 32.2. The summed E-state index contributed by atoms with van der Waals surface area (Å²) in [4.78, 5) is -1.08. The van der Waals surface area contributed by atoms with Crippen molar-refractivity contribution < 1.29 is 30.4 Å². The number of benzene rings is 2. The van der Waals surface area contributed by atoms with Crippen molar-refractivity contribution in [1.29, 1.82) is 0 Å². The van der Waals surface area contributed by atoms with Crippen molar-refractivity contribution in [1.82, 2.24) is 0 Å². The maximum absolute atomic E-state index is 13.9. The van der Waals surface area contributed by atoms with E-state index in [4.69, 9.17) is 5.14 Å². The lowest BCUT2D eigenvalue weighted by atomic mass is 10.0. The Kier molecular flexibility index (Phi) is 3.96. The Bertz CT molecular complexity index is 831. The van der Waals surface area contributed by atoms with Crippen LogP contribution in [0, 0.1) is 17.7 Å². The topological polar surface area (TPSA) is 60.2 Å². The van der Waals surface area contributed by atoms with Crippen LogP contribution in [0.2, 0.25) is 0 Å². The molecule has 0 aromatic heterocycles. The second-order valence-corrected chi connectivity index (χ2v) is 5.83. The first-order valence-corrected chi connectivity index (χ1v) is 7.16. The summed E-state index contributed by atoms with van der Waals surface area (Å²) < 4.78 is 87.5. The number of hydrogen-bond acceptors (Lipinski definition) is 2. The molecule has 117 valence electrons. The Labute approximate surface area is 122 Å². The van der Waals surface area contributed by atoms with Gasteiger partial charge in [0.15, 0.2) is 0 Å². The molecule has 0 aliphatic rings. The number of hydrogen-bond donors (Lipinski definition) is 1. The van der Waals surface area contributed by atoms with Gasteiger partial charge in [-0.3, -0.25) is 0 Å². The summed E-state index contributed by atoms with van der Waals surface area (Å²) in [6.07, 6.45) is -4.67. The molecule has 0 amide bonds. The zero-order chi connectivity index (χ0) is 16.7. The molecular formula is C13H7F5NO2S. The summed E-state index contributed by atoms with van der Waals surface area (Å²) in [5, 5.41) is 4.71. The van der Waals surface area contributed by atoms with Gasteiger partial charge in [0.05, 0.1) is 5.56 Å². The highest BCUT2D eigenvalue weighted by molar-refractivity contribution is 7.89. The first-order chi connectivity index (χ1) is 10.00. The van der Waals surface area contributed by atoms with Gasteiger partial charge in [-0.25, -0.2) is 22.3 Å². The summed E-state index contributed by atoms with van der Waals surface area (Å²) in [7, 11) is -4.49. The summed E-state index contributed by atoms with van der Waals surface area (Å²) in [6, 6.07) is 5.31. The normalized spacial score (nSPS) is 12.5. The lowest BCUT2D eigenvalue weighted by Gasteiger charge is -2.10. The molecule has 2 rings (SSSR count).